The van der Waals surface area contributed by atoms with E-state index in [0.717, 1.165) is 23.3 Å². The van der Waals surface area contributed by atoms with Crippen molar-refractivity contribution in [3.63, 3.8) is 0 Å². The van der Waals surface area contributed by atoms with Crippen molar-refractivity contribution in [1.29, 1.82) is 0 Å². The minimum atomic E-state index is -0.104. The molecule has 5 heterocycles. The Hall–Kier alpha value is -2.74. The summed E-state index contributed by atoms with van der Waals surface area (Å²) in [5.74, 6) is 0.607. The lowest BCUT2D eigenvalue weighted by molar-refractivity contribution is 0.0633. The Morgan fingerprint density at radius 3 is 2.52 bits per heavy atom. The first-order valence-corrected chi connectivity index (χ1v) is 12.4. The maximum atomic E-state index is 13.2. The van der Waals surface area contributed by atoms with Gasteiger partial charge in [-0.25, -0.2) is 9.97 Å². The highest BCUT2D eigenvalue weighted by Crippen LogP contribution is 2.36. The molecule has 2 fully saturated rings. The fourth-order valence-electron chi connectivity index (χ4n) is 5.07. The second kappa shape index (κ2) is 8.24. The topological polar surface area (TPSA) is 60.2 Å². The summed E-state index contributed by atoms with van der Waals surface area (Å²) in [7, 11) is 2.22. The Bertz CT molecular complexity index is 1350. The summed E-state index contributed by atoms with van der Waals surface area (Å²) in [6.45, 7) is 0. The van der Waals surface area contributed by atoms with Crippen LogP contribution in [-0.2, 0) is 0 Å². The van der Waals surface area contributed by atoms with Gasteiger partial charge in [0.15, 0.2) is 0 Å². The molecule has 2 aliphatic rings. The van der Waals surface area contributed by atoms with Crippen molar-refractivity contribution in [3.8, 4) is 22.0 Å². The van der Waals surface area contributed by atoms with E-state index >= 15 is 0 Å². The first-order chi connectivity index (χ1) is 16.0. The highest BCUT2D eigenvalue weighted by molar-refractivity contribution is 7.22. The fourth-order valence-corrected chi connectivity index (χ4v) is 6.24. The van der Waals surface area contributed by atoms with Gasteiger partial charge < -0.3 is 9.64 Å². The molecule has 0 saturated carbocycles. The van der Waals surface area contributed by atoms with E-state index in [1.807, 2.05) is 42.5 Å². The van der Waals surface area contributed by atoms with Gasteiger partial charge in [-0.3, -0.25) is 9.36 Å². The molecule has 2 bridgehead atoms. The molecule has 2 saturated heterocycles. The third-order valence-corrected chi connectivity index (χ3v) is 8.32. The van der Waals surface area contributed by atoms with Crippen LogP contribution in [0.2, 0.25) is 5.02 Å². The number of ether oxygens (including phenoxy) is 1. The largest absolute Gasteiger partial charge is 0.474 e. The van der Waals surface area contributed by atoms with Gasteiger partial charge in [-0.1, -0.05) is 23.7 Å². The quantitative estimate of drug-likeness (QED) is 0.405. The smallest absolute Gasteiger partial charge is 0.275 e. The molecule has 33 heavy (non-hydrogen) atoms. The van der Waals surface area contributed by atoms with Gasteiger partial charge in [0.25, 0.3) is 5.56 Å². The Labute approximate surface area is 200 Å². The van der Waals surface area contributed by atoms with Gasteiger partial charge in [-0.05, 0) is 62.6 Å². The first kappa shape index (κ1) is 20.8. The van der Waals surface area contributed by atoms with E-state index in [1.165, 1.54) is 28.7 Å². The van der Waals surface area contributed by atoms with E-state index in [1.54, 1.807) is 12.5 Å². The van der Waals surface area contributed by atoms with Gasteiger partial charge in [-0.2, -0.15) is 0 Å². The van der Waals surface area contributed by atoms with Crippen LogP contribution in [0.1, 0.15) is 25.7 Å². The van der Waals surface area contributed by atoms with Crippen LogP contribution in [0.4, 0.5) is 0 Å². The SMILES string of the molecule is CN1C2CCC1CC(Oc1ccc(-n3cnc4cc(-c5ccc(Cl)cc5)sc4c3=O)cn1)C2. The summed E-state index contributed by atoms with van der Waals surface area (Å²) in [5.41, 5.74) is 2.27. The molecule has 2 atom stereocenters. The van der Waals surface area contributed by atoms with Crippen LogP contribution in [0.3, 0.4) is 0 Å². The third-order valence-electron chi connectivity index (χ3n) is 6.91. The maximum absolute atomic E-state index is 13.2. The van der Waals surface area contributed by atoms with Crippen LogP contribution in [0, 0.1) is 0 Å². The number of rotatable bonds is 4. The van der Waals surface area contributed by atoms with Crippen molar-refractivity contribution in [2.75, 3.05) is 7.05 Å². The summed E-state index contributed by atoms with van der Waals surface area (Å²) in [6, 6.07) is 14.5. The summed E-state index contributed by atoms with van der Waals surface area (Å²) in [6.07, 6.45) is 8.06. The maximum Gasteiger partial charge on any atom is 0.275 e. The summed E-state index contributed by atoms with van der Waals surface area (Å²) in [5, 5.41) is 0.684. The number of thiophene rings is 1. The van der Waals surface area contributed by atoms with E-state index < -0.39 is 0 Å². The monoisotopic (exact) mass is 478 g/mol. The standard InChI is InChI=1S/C25H23ClN4O2S/c1-29-17-6-7-18(29)11-20(10-17)32-23-9-8-19(13-27-23)30-14-28-21-12-22(33-24(21)25(30)31)15-2-4-16(26)5-3-15/h2-5,8-9,12-14,17-18,20H,6-7,10-11H2,1H3. The molecule has 0 amide bonds. The Kier molecular flexibility index (Phi) is 5.20. The molecule has 0 N–H and O–H groups in total. The van der Waals surface area contributed by atoms with E-state index in [9.17, 15) is 4.79 Å². The third kappa shape index (κ3) is 3.84. The Morgan fingerprint density at radius 1 is 1.06 bits per heavy atom. The van der Waals surface area contributed by atoms with Crippen molar-refractivity contribution >= 4 is 33.2 Å². The molecule has 0 radical (unpaired) electrons. The van der Waals surface area contributed by atoms with Gasteiger partial charge in [0.05, 0.1) is 17.4 Å². The van der Waals surface area contributed by atoms with Crippen molar-refractivity contribution in [2.45, 2.75) is 43.9 Å². The van der Waals surface area contributed by atoms with Crippen molar-refractivity contribution in [1.82, 2.24) is 19.4 Å². The minimum Gasteiger partial charge on any atom is -0.474 e. The van der Waals surface area contributed by atoms with Gasteiger partial charge in [-0.15, -0.1) is 11.3 Å². The zero-order valence-electron chi connectivity index (χ0n) is 18.1. The number of halogens is 1. The number of fused-ring (bicyclic) bond motifs is 3. The van der Waals surface area contributed by atoms with Gasteiger partial charge in [0.1, 0.15) is 17.1 Å². The lowest BCUT2D eigenvalue weighted by Crippen LogP contribution is -2.43. The molecule has 168 valence electrons. The van der Waals surface area contributed by atoms with E-state index in [0.29, 0.717) is 38.9 Å². The molecule has 1 aromatic carbocycles. The lowest BCUT2D eigenvalue weighted by atomic mass is 10.0. The first-order valence-electron chi connectivity index (χ1n) is 11.2. The number of nitrogens with zero attached hydrogens (tertiary/aromatic N) is 4. The molecule has 6 rings (SSSR count). The lowest BCUT2D eigenvalue weighted by Gasteiger charge is -2.36. The molecule has 2 aliphatic heterocycles. The fraction of sp³-hybridized carbons (Fsp3) is 0.320. The normalized spacial score (nSPS) is 22.7. The predicted octanol–water partition coefficient (Wildman–Crippen LogP) is 5.17. The van der Waals surface area contributed by atoms with Crippen LogP contribution in [0.25, 0.3) is 26.3 Å². The average molecular weight is 479 g/mol. The van der Waals surface area contributed by atoms with Gasteiger partial charge in [0, 0.05) is 28.0 Å². The van der Waals surface area contributed by atoms with Crippen molar-refractivity contribution in [3.05, 3.63) is 70.4 Å². The molecule has 4 aromatic rings. The van der Waals surface area contributed by atoms with Gasteiger partial charge in [0.2, 0.25) is 5.88 Å². The van der Waals surface area contributed by atoms with Crippen LogP contribution < -0.4 is 10.3 Å². The zero-order chi connectivity index (χ0) is 22.5. The molecule has 0 spiro atoms. The number of hydrogen-bond acceptors (Lipinski definition) is 6. The van der Waals surface area contributed by atoms with Crippen LogP contribution >= 0.6 is 22.9 Å². The molecular formula is C25H23ClN4O2S. The number of pyridine rings is 1. The Morgan fingerprint density at radius 2 is 1.82 bits per heavy atom. The molecule has 8 heteroatoms. The second-order valence-corrected chi connectivity index (χ2v) is 10.4. The highest BCUT2D eigenvalue weighted by atomic mass is 35.5. The van der Waals surface area contributed by atoms with Gasteiger partial charge >= 0.3 is 0 Å². The number of aromatic nitrogens is 3. The number of hydrogen-bond donors (Lipinski definition) is 0. The Balaban J connectivity index is 1.24. The molecule has 2 unspecified atom stereocenters. The summed E-state index contributed by atoms with van der Waals surface area (Å²) < 4.78 is 8.34. The predicted molar refractivity (Wildman–Crippen MR) is 132 cm³/mol. The molecular weight excluding hydrogens is 456 g/mol. The molecule has 6 nitrogen and oxygen atoms in total. The number of benzene rings is 1. The van der Waals surface area contributed by atoms with Crippen LogP contribution in [0.15, 0.2) is 59.8 Å². The second-order valence-electron chi connectivity index (χ2n) is 8.87. The highest BCUT2D eigenvalue weighted by Gasteiger charge is 2.39. The van der Waals surface area contributed by atoms with Crippen LogP contribution in [-0.4, -0.2) is 44.7 Å². The van der Waals surface area contributed by atoms with Crippen LogP contribution in [0.5, 0.6) is 5.88 Å². The molecule has 3 aromatic heterocycles. The van der Waals surface area contributed by atoms with E-state index in [2.05, 4.69) is 21.9 Å². The zero-order valence-corrected chi connectivity index (χ0v) is 19.7. The minimum absolute atomic E-state index is 0.104. The molecule has 0 aliphatic carbocycles. The van der Waals surface area contributed by atoms with E-state index in [4.69, 9.17) is 16.3 Å². The van der Waals surface area contributed by atoms with Crippen molar-refractivity contribution < 1.29 is 4.74 Å². The average Bonchev–Trinajstić information content (AvgIpc) is 3.33. The summed E-state index contributed by atoms with van der Waals surface area (Å²) >= 11 is 7.44. The van der Waals surface area contributed by atoms with Crippen molar-refractivity contribution in [2.24, 2.45) is 0 Å². The number of piperidine rings is 1. The summed E-state index contributed by atoms with van der Waals surface area (Å²) in [4.78, 5) is 25.7. The van der Waals surface area contributed by atoms with E-state index in [-0.39, 0.29) is 11.7 Å².